The second-order valence-corrected chi connectivity index (χ2v) is 7.56. The summed E-state index contributed by atoms with van der Waals surface area (Å²) >= 11 is 5.79. The van der Waals surface area contributed by atoms with E-state index in [1.165, 1.54) is 6.20 Å². The Kier molecular flexibility index (Phi) is 6.89. The van der Waals surface area contributed by atoms with E-state index in [-0.39, 0.29) is 5.56 Å². The highest BCUT2D eigenvalue weighted by Gasteiger charge is 2.17. The van der Waals surface area contributed by atoms with E-state index in [4.69, 9.17) is 25.8 Å². The zero-order valence-corrected chi connectivity index (χ0v) is 19.1. The average molecular weight is 478 g/mol. The Hall–Kier alpha value is -4.17. The van der Waals surface area contributed by atoms with E-state index in [1.54, 1.807) is 62.8 Å². The van der Waals surface area contributed by atoms with E-state index in [2.05, 4.69) is 15.3 Å². The minimum Gasteiger partial charge on any atom is -0.493 e. The minimum absolute atomic E-state index is 0.285. The summed E-state index contributed by atoms with van der Waals surface area (Å²) in [5, 5.41) is 3.60. The van der Waals surface area contributed by atoms with E-state index in [1.807, 2.05) is 12.1 Å². The van der Waals surface area contributed by atoms with Crippen LogP contribution in [0.25, 0.3) is 22.2 Å². The van der Waals surface area contributed by atoms with Gasteiger partial charge in [0.15, 0.2) is 18.1 Å². The van der Waals surface area contributed by atoms with Crippen LogP contribution in [0.3, 0.4) is 0 Å². The Morgan fingerprint density at radius 2 is 1.76 bits per heavy atom. The first-order valence-electron chi connectivity index (χ1n) is 10.2. The number of benzene rings is 2. The summed E-state index contributed by atoms with van der Waals surface area (Å²) in [7, 11) is 3.10. The number of anilines is 1. The van der Waals surface area contributed by atoms with Crippen molar-refractivity contribution in [3.63, 3.8) is 0 Å². The minimum atomic E-state index is -0.653. The number of fused-ring (bicyclic) bond motifs is 1. The third-order valence-corrected chi connectivity index (χ3v) is 5.17. The molecular formula is C25H20ClN3O5. The number of amides is 1. The predicted octanol–water partition coefficient (Wildman–Crippen LogP) is 4.76. The van der Waals surface area contributed by atoms with Crippen molar-refractivity contribution >= 4 is 40.2 Å². The van der Waals surface area contributed by atoms with Crippen LogP contribution in [0.5, 0.6) is 11.5 Å². The van der Waals surface area contributed by atoms with Crippen LogP contribution in [-0.4, -0.2) is 42.7 Å². The van der Waals surface area contributed by atoms with Gasteiger partial charge in [0.2, 0.25) is 0 Å². The fraction of sp³-hybridized carbons (Fsp3) is 0.120. The molecule has 0 atom stereocenters. The van der Waals surface area contributed by atoms with Gasteiger partial charge in [0, 0.05) is 17.1 Å². The molecule has 0 fully saturated rings. The number of hydrogen-bond donors (Lipinski definition) is 1. The molecule has 4 rings (SSSR count). The Bertz CT molecular complexity index is 1360. The number of nitrogens with zero attached hydrogens (tertiary/aromatic N) is 2. The van der Waals surface area contributed by atoms with Crippen molar-refractivity contribution in [3.8, 4) is 22.8 Å². The molecule has 1 N–H and O–H groups in total. The van der Waals surface area contributed by atoms with Crippen LogP contribution < -0.4 is 14.8 Å². The van der Waals surface area contributed by atoms with Crippen molar-refractivity contribution in [1.29, 1.82) is 0 Å². The molecule has 0 bridgehead atoms. The summed E-state index contributed by atoms with van der Waals surface area (Å²) in [6.45, 7) is -0.481. The van der Waals surface area contributed by atoms with Crippen molar-refractivity contribution in [1.82, 2.24) is 9.97 Å². The molecule has 0 spiro atoms. The summed E-state index contributed by atoms with van der Waals surface area (Å²) < 4.78 is 16.0. The van der Waals surface area contributed by atoms with E-state index >= 15 is 0 Å². The van der Waals surface area contributed by atoms with Gasteiger partial charge in [0.1, 0.15) is 5.82 Å². The third-order valence-electron chi connectivity index (χ3n) is 4.94. The van der Waals surface area contributed by atoms with Crippen molar-refractivity contribution < 1.29 is 23.8 Å². The molecule has 172 valence electrons. The lowest BCUT2D eigenvalue weighted by atomic mass is 10.0. The van der Waals surface area contributed by atoms with Gasteiger partial charge < -0.3 is 19.5 Å². The number of carbonyl (C=O) groups is 2. The number of pyridine rings is 2. The maximum absolute atomic E-state index is 13.0. The van der Waals surface area contributed by atoms with Crippen LogP contribution in [0.15, 0.2) is 66.9 Å². The average Bonchev–Trinajstić information content (AvgIpc) is 2.87. The Labute approximate surface area is 200 Å². The van der Waals surface area contributed by atoms with Crippen LogP contribution in [0.2, 0.25) is 5.02 Å². The molecule has 0 radical (unpaired) electrons. The lowest BCUT2D eigenvalue weighted by Gasteiger charge is -2.12. The summed E-state index contributed by atoms with van der Waals surface area (Å²) in [5.41, 5.74) is 2.16. The smallest absolute Gasteiger partial charge is 0.339 e. The number of para-hydroxylation sites is 1. The number of halogens is 1. The van der Waals surface area contributed by atoms with Crippen molar-refractivity contribution in [2.24, 2.45) is 0 Å². The fourth-order valence-corrected chi connectivity index (χ4v) is 3.44. The van der Waals surface area contributed by atoms with Gasteiger partial charge in [-0.3, -0.25) is 4.79 Å². The zero-order valence-electron chi connectivity index (χ0n) is 18.4. The summed E-state index contributed by atoms with van der Waals surface area (Å²) in [4.78, 5) is 33.8. The standard InChI is InChI=1S/C25H20ClN3O5/c1-32-21-9-7-15(11-22(21)33-2)20-12-18(17-5-3-4-6-19(17)28-20)25(31)34-14-24(30)29-23-10-8-16(26)13-27-23/h3-13H,14H2,1-2H3,(H,27,29,30). The molecule has 0 aliphatic heterocycles. The second kappa shape index (κ2) is 10.2. The molecule has 0 unspecified atom stereocenters. The SMILES string of the molecule is COc1ccc(-c2cc(C(=O)OCC(=O)Nc3ccc(Cl)cn3)c3ccccc3n2)cc1OC. The maximum Gasteiger partial charge on any atom is 0.339 e. The topological polar surface area (TPSA) is 99.6 Å². The summed E-state index contributed by atoms with van der Waals surface area (Å²) in [5.74, 6) is 0.233. The molecule has 0 aliphatic carbocycles. The number of esters is 1. The van der Waals surface area contributed by atoms with Crippen molar-refractivity contribution in [2.45, 2.75) is 0 Å². The number of aromatic nitrogens is 2. The van der Waals surface area contributed by atoms with Gasteiger partial charge in [0.05, 0.1) is 36.0 Å². The van der Waals surface area contributed by atoms with E-state index in [0.29, 0.717) is 38.9 Å². The Morgan fingerprint density at radius 1 is 0.971 bits per heavy atom. The van der Waals surface area contributed by atoms with Crippen LogP contribution in [-0.2, 0) is 9.53 Å². The molecule has 1 amide bonds. The Morgan fingerprint density at radius 3 is 2.50 bits per heavy atom. The van der Waals surface area contributed by atoms with Gasteiger partial charge in [-0.1, -0.05) is 29.8 Å². The highest BCUT2D eigenvalue weighted by molar-refractivity contribution is 6.30. The number of methoxy groups -OCH3 is 2. The highest BCUT2D eigenvalue weighted by Crippen LogP contribution is 2.33. The summed E-state index contributed by atoms with van der Waals surface area (Å²) in [6.07, 6.45) is 1.40. The molecule has 0 saturated heterocycles. The molecule has 2 aromatic heterocycles. The van der Waals surface area contributed by atoms with Gasteiger partial charge in [-0.2, -0.15) is 0 Å². The molecule has 0 saturated carbocycles. The molecule has 0 aliphatic rings. The highest BCUT2D eigenvalue weighted by atomic mass is 35.5. The quantitative estimate of drug-likeness (QED) is 0.383. The van der Waals surface area contributed by atoms with Gasteiger partial charge in [0.25, 0.3) is 5.91 Å². The lowest BCUT2D eigenvalue weighted by Crippen LogP contribution is -2.21. The first-order chi connectivity index (χ1) is 16.5. The largest absolute Gasteiger partial charge is 0.493 e. The normalized spacial score (nSPS) is 10.6. The predicted molar refractivity (Wildman–Crippen MR) is 128 cm³/mol. The number of rotatable bonds is 7. The third kappa shape index (κ3) is 5.07. The van der Waals surface area contributed by atoms with E-state index < -0.39 is 18.5 Å². The van der Waals surface area contributed by atoms with Gasteiger partial charge in [-0.25, -0.2) is 14.8 Å². The van der Waals surface area contributed by atoms with Gasteiger partial charge in [-0.05, 0) is 42.5 Å². The number of nitrogens with one attached hydrogen (secondary N) is 1. The molecule has 2 heterocycles. The van der Waals surface area contributed by atoms with Crippen LogP contribution in [0.4, 0.5) is 5.82 Å². The molecule has 34 heavy (non-hydrogen) atoms. The fourth-order valence-electron chi connectivity index (χ4n) is 3.33. The number of hydrogen-bond acceptors (Lipinski definition) is 7. The van der Waals surface area contributed by atoms with Crippen molar-refractivity contribution in [3.05, 3.63) is 77.4 Å². The van der Waals surface area contributed by atoms with Crippen LogP contribution in [0.1, 0.15) is 10.4 Å². The summed E-state index contributed by atoms with van der Waals surface area (Å²) in [6, 6.07) is 17.3. The van der Waals surface area contributed by atoms with E-state index in [9.17, 15) is 9.59 Å². The van der Waals surface area contributed by atoms with E-state index in [0.717, 1.165) is 5.56 Å². The lowest BCUT2D eigenvalue weighted by molar-refractivity contribution is -0.119. The number of ether oxygens (including phenoxy) is 3. The first kappa shape index (κ1) is 23.0. The van der Waals surface area contributed by atoms with Crippen LogP contribution in [0, 0.1) is 0 Å². The first-order valence-corrected chi connectivity index (χ1v) is 10.6. The second-order valence-electron chi connectivity index (χ2n) is 7.13. The number of carbonyl (C=O) groups excluding carboxylic acids is 2. The molecule has 4 aromatic rings. The van der Waals surface area contributed by atoms with Crippen LogP contribution >= 0.6 is 11.6 Å². The molecular weight excluding hydrogens is 458 g/mol. The van der Waals surface area contributed by atoms with Gasteiger partial charge in [-0.15, -0.1) is 0 Å². The maximum atomic E-state index is 13.0. The van der Waals surface area contributed by atoms with Crippen molar-refractivity contribution in [2.75, 3.05) is 26.1 Å². The molecule has 9 heteroatoms. The monoisotopic (exact) mass is 477 g/mol. The molecule has 8 nitrogen and oxygen atoms in total. The zero-order chi connectivity index (χ0) is 24.1. The van der Waals surface area contributed by atoms with Gasteiger partial charge >= 0.3 is 5.97 Å². The molecule has 2 aromatic carbocycles. The Balaban J connectivity index is 1.59.